The average molecular weight is 336 g/mol. The van der Waals surface area contributed by atoms with Gasteiger partial charge in [0.25, 0.3) is 5.56 Å². The van der Waals surface area contributed by atoms with Gasteiger partial charge in [-0.1, -0.05) is 12.1 Å². The summed E-state index contributed by atoms with van der Waals surface area (Å²) in [4.78, 5) is 40.0. The number of nitrogens with zero attached hydrogens (tertiary/aromatic N) is 4. The highest BCUT2D eigenvalue weighted by atomic mass is 16.4. The first kappa shape index (κ1) is 16.1. The molecule has 0 bridgehead atoms. The zero-order chi connectivity index (χ0) is 18.1. The van der Waals surface area contributed by atoms with Crippen LogP contribution in [0.1, 0.15) is 21.6 Å². The summed E-state index contributed by atoms with van der Waals surface area (Å²) >= 11 is 0. The summed E-state index contributed by atoms with van der Waals surface area (Å²) < 4.78 is 2.27. The second-order valence-corrected chi connectivity index (χ2v) is 5.43. The van der Waals surface area contributed by atoms with Crippen LogP contribution >= 0.6 is 0 Å². The van der Waals surface area contributed by atoms with E-state index < -0.39 is 17.2 Å². The van der Waals surface area contributed by atoms with Crippen molar-refractivity contribution < 1.29 is 9.90 Å². The van der Waals surface area contributed by atoms with E-state index in [-0.39, 0.29) is 23.1 Å². The van der Waals surface area contributed by atoms with Crippen LogP contribution in [-0.2, 0) is 13.6 Å². The molecule has 0 aliphatic heterocycles. The molecule has 25 heavy (non-hydrogen) atoms. The molecule has 0 spiro atoms. The fraction of sp³-hybridized carbons (Fsp3) is 0.118. The predicted octanol–water partition coefficient (Wildman–Crippen LogP) is 0.713. The standard InChI is InChI=1S/C17H12N4O4/c1-20-14-8-19-13(16(23)24)6-12(14)15(22)21(17(20)25)9-11-4-2-10(7-18)3-5-11/h2-6,8H,9H2,1H3,(H,23,24). The molecular formula is C17H12N4O4. The lowest BCUT2D eigenvalue weighted by Crippen LogP contribution is -2.39. The Labute approximate surface area is 140 Å². The van der Waals surface area contributed by atoms with Crippen LogP contribution in [0.4, 0.5) is 0 Å². The number of aromatic carboxylic acids is 1. The Kier molecular flexibility index (Phi) is 3.91. The van der Waals surface area contributed by atoms with Crippen molar-refractivity contribution in [1.29, 1.82) is 5.26 Å². The van der Waals surface area contributed by atoms with Gasteiger partial charge in [-0.2, -0.15) is 5.26 Å². The number of benzene rings is 1. The van der Waals surface area contributed by atoms with Gasteiger partial charge in [0.05, 0.1) is 35.3 Å². The fourth-order valence-electron chi connectivity index (χ4n) is 2.53. The van der Waals surface area contributed by atoms with Gasteiger partial charge in [-0.05, 0) is 23.8 Å². The third kappa shape index (κ3) is 2.79. The van der Waals surface area contributed by atoms with Crippen LogP contribution < -0.4 is 11.2 Å². The number of rotatable bonds is 3. The van der Waals surface area contributed by atoms with Crippen molar-refractivity contribution in [2.45, 2.75) is 6.54 Å². The molecular weight excluding hydrogens is 324 g/mol. The molecule has 0 saturated carbocycles. The second-order valence-electron chi connectivity index (χ2n) is 5.43. The quantitative estimate of drug-likeness (QED) is 0.752. The summed E-state index contributed by atoms with van der Waals surface area (Å²) in [7, 11) is 1.49. The first-order chi connectivity index (χ1) is 11.9. The number of carboxylic acids is 1. The van der Waals surface area contributed by atoms with Crippen LogP contribution in [0.2, 0.25) is 0 Å². The summed E-state index contributed by atoms with van der Waals surface area (Å²) in [5.41, 5.74) is 0.00749. The summed E-state index contributed by atoms with van der Waals surface area (Å²) in [6.45, 7) is 0.0118. The molecule has 0 radical (unpaired) electrons. The van der Waals surface area contributed by atoms with Crippen molar-refractivity contribution in [2.75, 3.05) is 0 Å². The summed E-state index contributed by atoms with van der Waals surface area (Å²) in [5, 5.41) is 18.0. The highest BCUT2D eigenvalue weighted by molar-refractivity contribution is 5.90. The molecule has 1 aromatic carbocycles. The summed E-state index contributed by atoms with van der Waals surface area (Å²) in [6.07, 6.45) is 1.20. The van der Waals surface area contributed by atoms with E-state index >= 15 is 0 Å². The van der Waals surface area contributed by atoms with E-state index in [0.29, 0.717) is 11.1 Å². The molecule has 0 aliphatic rings. The van der Waals surface area contributed by atoms with E-state index in [9.17, 15) is 14.4 Å². The monoisotopic (exact) mass is 336 g/mol. The van der Waals surface area contributed by atoms with Gasteiger partial charge < -0.3 is 5.11 Å². The Morgan fingerprint density at radius 1 is 1.28 bits per heavy atom. The van der Waals surface area contributed by atoms with E-state index in [1.165, 1.54) is 17.8 Å². The minimum atomic E-state index is -1.26. The highest BCUT2D eigenvalue weighted by Gasteiger charge is 2.14. The maximum absolute atomic E-state index is 12.7. The minimum Gasteiger partial charge on any atom is -0.477 e. The predicted molar refractivity (Wildman–Crippen MR) is 88.5 cm³/mol. The van der Waals surface area contributed by atoms with Gasteiger partial charge in [-0.15, -0.1) is 0 Å². The first-order valence-electron chi connectivity index (χ1n) is 7.24. The molecule has 0 amide bonds. The zero-order valence-corrected chi connectivity index (χ0v) is 13.1. The van der Waals surface area contributed by atoms with Crippen LogP contribution in [0, 0.1) is 11.3 Å². The number of carboxylic acid groups (broad SMARTS) is 1. The van der Waals surface area contributed by atoms with Gasteiger partial charge in [0, 0.05) is 7.05 Å². The molecule has 8 heteroatoms. The lowest BCUT2D eigenvalue weighted by Gasteiger charge is -2.11. The van der Waals surface area contributed by atoms with Crippen LogP contribution in [0.25, 0.3) is 10.9 Å². The fourth-order valence-corrected chi connectivity index (χ4v) is 2.53. The van der Waals surface area contributed by atoms with Crippen molar-refractivity contribution in [3.63, 3.8) is 0 Å². The molecule has 2 heterocycles. The highest BCUT2D eigenvalue weighted by Crippen LogP contribution is 2.09. The molecule has 3 rings (SSSR count). The smallest absolute Gasteiger partial charge is 0.354 e. The maximum Gasteiger partial charge on any atom is 0.354 e. The first-order valence-corrected chi connectivity index (χ1v) is 7.24. The molecule has 124 valence electrons. The SMILES string of the molecule is Cn1c(=O)n(Cc2ccc(C#N)cc2)c(=O)c2cc(C(=O)O)ncc21. The molecule has 1 N–H and O–H groups in total. The van der Waals surface area contributed by atoms with Crippen LogP contribution in [0.3, 0.4) is 0 Å². The molecule has 0 atom stereocenters. The van der Waals surface area contributed by atoms with E-state index in [1.54, 1.807) is 24.3 Å². The van der Waals surface area contributed by atoms with Gasteiger partial charge in [0.1, 0.15) is 5.69 Å². The Hall–Kier alpha value is -3.73. The third-order valence-corrected chi connectivity index (χ3v) is 3.88. The van der Waals surface area contributed by atoms with Gasteiger partial charge in [-0.25, -0.2) is 14.6 Å². The molecule has 0 fully saturated rings. The number of hydrogen-bond donors (Lipinski definition) is 1. The van der Waals surface area contributed by atoms with E-state index in [0.717, 1.165) is 10.6 Å². The van der Waals surface area contributed by atoms with E-state index in [1.807, 2.05) is 6.07 Å². The lowest BCUT2D eigenvalue weighted by molar-refractivity contribution is 0.0690. The van der Waals surface area contributed by atoms with Crippen LogP contribution in [-0.4, -0.2) is 25.2 Å². The van der Waals surface area contributed by atoms with Gasteiger partial charge in [0.2, 0.25) is 0 Å². The van der Waals surface area contributed by atoms with E-state index in [4.69, 9.17) is 10.4 Å². The Bertz CT molecular complexity index is 1150. The number of aromatic nitrogens is 3. The van der Waals surface area contributed by atoms with Crippen molar-refractivity contribution >= 4 is 16.9 Å². The van der Waals surface area contributed by atoms with Gasteiger partial charge in [0.15, 0.2) is 0 Å². The number of nitriles is 1. The summed E-state index contributed by atoms with van der Waals surface area (Å²) in [5.74, 6) is -1.26. The van der Waals surface area contributed by atoms with Crippen molar-refractivity contribution in [2.24, 2.45) is 7.05 Å². The zero-order valence-electron chi connectivity index (χ0n) is 13.1. The largest absolute Gasteiger partial charge is 0.477 e. The van der Waals surface area contributed by atoms with Crippen molar-refractivity contribution in [3.8, 4) is 6.07 Å². The Balaban J connectivity index is 2.20. The number of aryl methyl sites for hydroxylation is 1. The van der Waals surface area contributed by atoms with Crippen LogP contribution in [0.5, 0.6) is 0 Å². The number of hydrogen-bond acceptors (Lipinski definition) is 5. The topological polar surface area (TPSA) is 118 Å². The Morgan fingerprint density at radius 3 is 2.56 bits per heavy atom. The normalized spacial score (nSPS) is 10.6. The maximum atomic E-state index is 12.7. The second kappa shape index (κ2) is 6.05. The van der Waals surface area contributed by atoms with Crippen molar-refractivity contribution in [3.05, 3.63) is 74.2 Å². The number of carbonyl (C=O) groups is 1. The lowest BCUT2D eigenvalue weighted by atomic mass is 10.1. The molecule has 0 unspecified atom stereocenters. The molecule has 3 aromatic rings. The minimum absolute atomic E-state index is 0.0118. The van der Waals surface area contributed by atoms with Gasteiger partial charge >= 0.3 is 11.7 Å². The molecule has 2 aromatic heterocycles. The third-order valence-electron chi connectivity index (χ3n) is 3.88. The Morgan fingerprint density at radius 2 is 1.96 bits per heavy atom. The molecule has 8 nitrogen and oxygen atoms in total. The molecule has 0 saturated heterocycles. The number of pyridine rings is 1. The van der Waals surface area contributed by atoms with E-state index in [2.05, 4.69) is 4.98 Å². The summed E-state index contributed by atoms with van der Waals surface area (Å²) in [6, 6.07) is 9.66. The van der Waals surface area contributed by atoms with Crippen LogP contribution in [0.15, 0.2) is 46.1 Å². The van der Waals surface area contributed by atoms with Gasteiger partial charge in [-0.3, -0.25) is 13.9 Å². The number of fused-ring (bicyclic) bond motifs is 1. The van der Waals surface area contributed by atoms with Crippen molar-refractivity contribution in [1.82, 2.24) is 14.1 Å². The average Bonchev–Trinajstić information content (AvgIpc) is 2.63. The molecule has 0 aliphatic carbocycles.